The van der Waals surface area contributed by atoms with E-state index in [1.54, 1.807) is 0 Å². The summed E-state index contributed by atoms with van der Waals surface area (Å²) >= 11 is 0. The molecule has 0 radical (unpaired) electrons. The van der Waals surface area contributed by atoms with E-state index in [4.69, 9.17) is 0 Å². The summed E-state index contributed by atoms with van der Waals surface area (Å²) in [5.74, 6) is 0. The molecule has 6 rings (SSSR count). The highest BCUT2D eigenvalue weighted by Gasteiger charge is 2.63. The van der Waals surface area contributed by atoms with Gasteiger partial charge in [-0.3, -0.25) is 0 Å². The second-order valence-corrected chi connectivity index (χ2v) is 12.2. The molecule has 0 atom stereocenters. The van der Waals surface area contributed by atoms with Crippen molar-refractivity contribution in [2.75, 3.05) is 0 Å². The topological polar surface area (TPSA) is 0 Å². The van der Waals surface area contributed by atoms with Crippen molar-refractivity contribution >= 4 is 34.3 Å². The predicted octanol–water partition coefficient (Wildman–Crippen LogP) is 6.97. The molecule has 0 bridgehead atoms. The van der Waals surface area contributed by atoms with Crippen LogP contribution in [-0.4, -0.2) is 5.66 Å². The maximum absolute atomic E-state index is 2.34. The Bertz CT molecular complexity index is 1260. The maximum atomic E-state index is 2.34. The third-order valence-electron chi connectivity index (χ3n) is 6.80. The number of hydrogen-bond acceptors (Lipinski definition) is 0. The van der Waals surface area contributed by atoms with Crippen LogP contribution in [0.4, 0.5) is 0 Å². The predicted molar refractivity (Wildman–Crippen MR) is 149 cm³/mol. The van der Waals surface area contributed by atoms with Crippen molar-refractivity contribution in [2.24, 2.45) is 0 Å². The molecule has 0 fully saturated rings. The normalized spacial score (nSPS) is 13.6. The molecule has 0 spiro atoms. The van der Waals surface area contributed by atoms with E-state index >= 15 is 0 Å². The van der Waals surface area contributed by atoms with Crippen LogP contribution in [0.3, 0.4) is 0 Å². The smallest absolute Gasteiger partial charge is 0.0622 e. The van der Waals surface area contributed by atoms with Gasteiger partial charge in [-0.15, -0.1) is 0 Å². The van der Waals surface area contributed by atoms with Gasteiger partial charge in [-0.05, 0) is 47.5 Å². The molecular weight excluding hydrogens is 427 g/mol. The van der Waals surface area contributed by atoms with Crippen LogP contribution in [-0.2, 0) is 0 Å². The monoisotopic (exact) mass is 453 g/mol. The van der Waals surface area contributed by atoms with Gasteiger partial charge in [-0.1, -0.05) is 115 Å². The van der Waals surface area contributed by atoms with Gasteiger partial charge < -0.3 is 0 Å². The van der Waals surface area contributed by atoms with Gasteiger partial charge in [0.05, 0.1) is 0 Å². The van der Waals surface area contributed by atoms with Crippen LogP contribution in [0.2, 0.25) is 0 Å². The summed E-state index contributed by atoms with van der Waals surface area (Å²) in [4.78, 5) is 0. The Morgan fingerprint density at radius 3 is 0.882 bits per heavy atom. The lowest BCUT2D eigenvalue weighted by Gasteiger charge is -2.29. The number of rotatable bonds is 6. The molecule has 0 aliphatic heterocycles. The van der Waals surface area contributed by atoms with Gasteiger partial charge in [0.25, 0.3) is 0 Å². The average molecular weight is 454 g/mol. The minimum atomic E-state index is -2.03. The second-order valence-electron chi connectivity index (χ2n) is 8.69. The molecule has 34 heavy (non-hydrogen) atoms. The molecule has 1 aliphatic carbocycles. The molecule has 5 aromatic rings. The number of hydrogen-bond donors (Lipinski definition) is 0. The summed E-state index contributed by atoms with van der Waals surface area (Å²) < 4.78 is 0. The van der Waals surface area contributed by atoms with E-state index in [0.717, 1.165) is 0 Å². The Morgan fingerprint density at radius 2 is 0.588 bits per heavy atom. The van der Waals surface area contributed by atoms with E-state index in [1.165, 1.54) is 38.2 Å². The molecule has 1 aliphatic rings. The standard InChI is InChI=1S/C33H26P/c1-6-16-26(17-7-1)31-32(27-18-8-2-9-19-27)33(31)34(28-20-10-3-11-21-28,29-22-12-4-13-23-29)30-24-14-5-15-25-30/h1-25,33H/q+1. The SMILES string of the molecule is c1ccc(C2=C(c3ccccc3)C2[P+](c2ccccc2)(c2ccccc2)c2ccccc2)cc1. The van der Waals surface area contributed by atoms with Crippen molar-refractivity contribution < 1.29 is 0 Å². The molecule has 0 nitrogen and oxygen atoms in total. The molecule has 1 heteroatoms. The van der Waals surface area contributed by atoms with Gasteiger partial charge in [0.15, 0.2) is 0 Å². The van der Waals surface area contributed by atoms with E-state index < -0.39 is 7.26 Å². The van der Waals surface area contributed by atoms with Crippen LogP contribution in [0.1, 0.15) is 11.1 Å². The maximum Gasteiger partial charge on any atom is 0.136 e. The first-order valence-electron chi connectivity index (χ1n) is 11.8. The summed E-state index contributed by atoms with van der Waals surface area (Å²) in [6.45, 7) is 0. The van der Waals surface area contributed by atoms with Crippen molar-refractivity contribution in [3.63, 3.8) is 0 Å². The first-order chi connectivity index (χ1) is 16.9. The molecule has 0 N–H and O–H groups in total. The van der Waals surface area contributed by atoms with E-state index in [9.17, 15) is 0 Å². The zero-order chi connectivity index (χ0) is 22.8. The van der Waals surface area contributed by atoms with Gasteiger partial charge in [0.1, 0.15) is 28.8 Å². The first kappa shape index (κ1) is 20.8. The fourth-order valence-corrected chi connectivity index (χ4v) is 10.3. The zero-order valence-electron chi connectivity index (χ0n) is 19.0. The second kappa shape index (κ2) is 8.90. The van der Waals surface area contributed by atoms with Crippen molar-refractivity contribution in [3.05, 3.63) is 163 Å². The van der Waals surface area contributed by atoms with E-state index in [-0.39, 0.29) is 0 Å². The van der Waals surface area contributed by atoms with Crippen molar-refractivity contribution in [3.8, 4) is 0 Å². The Labute approximate surface area is 202 Å². The van der Waals surface area contributed by atoms with Gasteiger partial charge in [0.2, 0.25) is 0 Å². The summed E-state index contributed by atoms with van der Waals surface area (Å²) in [6.07, 6.45) is 0. The Morgan fingerprint density at radius 1 is 0.324 bits per heavy atom. The molecule has 0 saturated carbocycles. The minimum Gasteiger partial charge on any atom is -0.0622 e. The van der Waals surface area contributed by atoms with Crippen molar-refractivity contribution in [1.82, 2.24) is 0 Å². The lowest BCUT2D eigenvalue weighted by atomic mass is 10.1. The van der Waals surface area contributed by atoms with Crippen LogP contribution in [0.15, 0.2) is 152 Å². The van der Waals surface area contributed by atoms with Crippen LogP contribution < -0.4 is 15.9 Å². The largest absolute Gasteiger partial charge is 0.136 e. The Kier molecular flexibility index (Phi) is 5.46. The third-order valence-corrected chi connectivity index (χ3v) is 11.4. The van der Waals surface area contributed by atoms with Crippen molar-refractivity contribution in [2.45, 2.75) is 5.66 Å². The minimum absolute atomic E-state index is 0.338. The van der Waals surface area contributed by atoms with Gasteiger partial charge >= 0.3 is 0 Å². The lowest BCUT2D eigenvalue weighted by Crippen LogP contribution is -2.35. The highest BCUT2D eigenvalue weighted by Crippen LogP contribution is 2.74. The summed E-state index contributed by atoms with van der Waals surface area (Å²) in [5.41, 5.74) is 5.97. The molecular formula is C33H26P+. The molecule has 0 aromatic heterocycles. The number of allylic oxidation sites excluding steroid dienone is 2. The quantitative estimate of drug-likeness (QED) is 0.244. The molecule has 0 heterocycles. The van der Waals surface area contributed by atoms with Crippen LogP contribution in [0.5, 0.6) is 0 Å². The van der Waals surface area contributed by atoms with E-state index in [2.05, 4.69) is 152 Å². The number of benzene rings is 5. The molecule has 0 amide bonds. The highest BCUT2D eigenvalue weighted by molar-refractivity contribution is 7.97. The molecule has 162 valence electrons. The summed E-state index contributed by atoms with van der Waals surface area (Å²) in [7, 11) is -2.03. The van der Waals surface area contributed by atoms with Gasteiger partial charge in [-0.25, -0.2) is 0 Å². The summed E-state index contributed by atoms with van der Waals surface area (Å²) in [6, 6.07) is 55.6. The first-order valence-corrected chi connectivity index (χ1v) is 13.7. The van der Waals surface area contributed by atoms with Gasteiger partial charge in [-0.2, -0.15) is 0 Å². The van der Waals surface area contributed by atoms with Gasteiger partial charge in [0, 0.05) is 11.1 Å². The Balaban J connectivity index is 1.67. The van der Waals surface area contributed by atoms with Crippen LogP contribution >= 0.6 is 7.26 Å². The lowest BCUT2D eigenvalue weighted by molar-refractivity contribution is 1.54. The van der Waals surface area contributed by atoms with E-state index in [1.807, 2.05) is 0 Å². The van der Waals surface area contributed by atoms with Crippen LogP contribution in [0.25, 0.3) is 11.1 Å². The fourth-order valence-electron chi connectivity index (χ4n) is 5.34. The van der Waals surface area contributed by atoms with E-state index in [0.29, 0.717) is 5.66 Å². The third kappa shape index (κ3) is 3.43. The van der Waals surface area contributed by atoms with Crippen LogP contribution in [0, 0.1) is 0 Å². The highest BCUT2D eigenvalue weighted by atomic mass is 31.2. The fraction of sp³-hybridized carbons (Fsp3) is 0.0303. The van der Waals surface area contributed by atoms with Crippen molar-refractivity contribution in [1.29, 1.82) is 0 Å². The summed E-state index contributed by atoms with van der Waals surface area (Å²) in [5, 5.41) is 4.28. The zero-order valence-corrected chi connectivity index (χ0v) is 19.9. The Hall–Kier alpha value is -3.73. The molecule has 0 unspecified atom stereocenters. The average Bonchev–Trinajstić information content (AvgIpc) is 3.68. The molecule has 5 aromatic carbocycles. The molecule has 0 saturated heterocycles.